The Kier molecular flexibility index (Phi) is 2.44. The van der Waals surface area contributed by atoms with Gasteiger partial charge in [-0.2, -0.15) is 0 Å². The Morgan fingerprint density at radius 1 is 1.45 bits per heavy atom. The molecule has 0 N–H and O–H groups in total. The van der Waals surface area contributed by atoms with Crippen molar-refractivity contribution in [2.24, 2.45) is 0 Å². The number of hydrogen-bond acceptors (Lipinski definition) is 2. The van der Waals surface area contributed by atoms with Crippen molar-refractivity contribution in [2.45, 2.75) is 4.90 Å². The number of rotatable bonds is 1. The molecule has 57 valence electrons. The van der Waals surface area contributed by atoms with Crippen LogP contribution in [-0.4, -0.2) is 13.1 Å². The van der Waals surface area contributed by atoms with Crippen LogP contribution in [0.2, 0.25) is 0 Å². The van der Waals surface area contributed by atoms with Gasteiger partial charge in [0, 0.05) is 0 Å². The maximum Gasteiger partial charge on any atom is 0.339 e. The highest BCUT2D eigenvalue weighted by Gasteiger charge is 2.07. The van der Waals surface area contributed by atoms with E-state index in [1.54, 1.807) is 24.3 Å². The van der Waals surface area contributed by atoms with E-state index in [9.17, 15) is 4.79 Å². The Morgan fingerprint density at radius 3 is 2.64 bits per heavy atom. The van der Waals surface area contributed by atoms with Gasteiger partial charge in [-0.25, -0.2) is 4.79 Å². The number of benzene rings is 1. The molecule has 1 radical (unpaired) electrons. The second-order valence-corrected chi connectivity index (χ2v) is 2.43. The Bertz CT molecular complexity index is 271. The van der Waals surface area contributed by atoms with E-state index in [1.165, 1.54) is 7.11 Å². The third-order valence-corrected chi connectivity index (χ3v) is 1.65. The molecule has 0 atom stereocenters. The van der Waals surface area contributed by atoms with Gasteiger partial charge in [0.25, 0.3) is 0 Å². The molecule has 0 heterocycles. The van der Waals surface area contributed by atoms with Crippen LogP contribution in [0.25, 0.3) is 0 Å². The predicted octanol–water partition coefficient (Wildman–Crippen LogP) is 2.03. The number of carbonyl (C=O) groups is 1. The molecule has 1 rings (SSSR count). The number of ether oxygens (including phenoxy) is 1. The van der Waals surface area contributed by atoms with E-state index < -0.39 is 0 Å². The third kappa shape index (κ3) is 1.68. The molecule has 0 saturated carbocycles. The van der Waals surface area contributed by atoms with Crippen LogP contribution in [0.1, 0.15) is 10.4 Å². The van der Waals surface area contributed by atoms with Crippen LogP contribution < -0.4 is 0 Å². The van der Waals surface area contributed by atoms with E-state index in [0.717, 1.165) is 0 Å². The lowest BCUT2D eigenvalue weighted by molar-refractivity contribution is 0.0597. The molecular formula is C8H7O2S. The Morgan fingerprint density at radius 2 is 2.09 bits per heavy atom. The smallest absolute Gasteiger partial charge is 0.339 e. The molecule has 0 unspecified atom stereocenters. The molecule has 0 fully saturated rings. The van der Waals surface area contributed by atoms with Crippen LogP contribution in [0, 0.1) is 0 Å². The average Bonchev–Trinajstić information content (AvgIpc) is 2.04. The van der Waals surface area contributed by atoms with E-state index in [4.69, 9.17) is 12.6 Å². The van der Waals surface area contributed by atoms with Crippen molar-refractivity contribution < 1.29 is 9.53 Å². The quantitative estimate of drug-likeness (QED) is 0.598. The molecule has 0 aliphatic carbocycles. The highest BCUT2D eigenvalue weighted by atomic mass is 32.1. The molecule has 0 bridgehead atoms. The van der Waals surface area contributed by atoms with Gasteiger partial charge in [-0.3, -0.25) is 0 Å². The first kappa shape index (κ1) is 8.01. The fourth-order valence-electron chi connectivity index (χ4n) is 0.745. The molecule has 3 heteroatoms. The first-order valence-corrected chi connectivity index (χ1v) is 3.51. The van der Waals surface area contributed by atoms with Gasteiger partial charge in [-0.05, 0) is 12.1 Å². The SMILES string of the molecule is COC(=O)c1ccccc1[S]. The van der Waals surface area contributed by atoms with Gasteiger partial charge in [0.15, 0.2) is 0 Å². The van der Waals surface area contributed by atoms with E-state index in [1.807, 2.05) is 0 Å². The molecule has 0 spiro atoms. The second-order valence-electron chi connectivity index (χ2n) is 1.99. The fraction of sp³-hybridized carbons (Fsp3) is 0.125. The molecule has 1 aromatic carbocycles. The van der Waals surface area contributed by atoms with Gasteiger partial charge in [-0.15, -0.1) is 0 Å². The molecule has 0 aromatic heterocycles. The minimum atomic E-state index is -0.379. The Hall–Kier alpha value is -1.09. The van der Waals surface area contributed by atoms with Crippen molar-refractivity contribution in [1.29, 1.82) is 0 Å². The maximum atomic E-state index is 10.9. The van der Waals surface area contributed by atoms with Crippen molar-refractivity contribution in [3.8, 4) is 0 Å². The largest absolute Gasteiger partial charge is 0.465 e. The standard InChI is InChI=1S/C8H7O2S/c1-10-8(9)6-4-2-3-5-7(6)11/h2-5H,1H3. The van der Waals surface area contributed by atoms with Crippen LogP contribution in [0.15, 0.2) is 29.2 Å². The highest BCUT2D eigenvalue weighted by Crippen LogP contribution is 2.13. The summed E-state index contributed by atoms with van der Waals surface area (Å²) in [5.41, 5.74) is 0.449. The van der Waals surface area contributed by atoms with E-state index in [2.05, 4.69) is 4.74 Å². The van der Waals surface area contributed by atoms with Crippen molar-refractivity contribution in [1.82, 2.24) is 0 Å². The fourth-order valence-corrected chi connectivity index (χ4v) is 0.975. The molecule has 0 aliphatic heterocycles. The van der Waals surface area contributed by atoms with Crippen LogP contribution in [-0.2, 0) is 4.74 Å². The summed E-state index contributed by atoms with van der Waals surface area (Å²) in [6.07, 6.45) is 0. The van der Waals surface area contributed by atoms with Crippen molar-refractivity contribution in [2.75, 3.05) is 7.11 Å². The third-order valence-electron chi connectivity index (χ3n) is 1.29. The minimum Gasteiger partial charge on any atom is -0.465 e. The van der Waals surface area contributed by atoms with Gasteiger partial charge in [0.2, 0.25) is 0 Å². The van der Waals surface area contributed by atoms with Crippen LogP contribution in [0.4, 0.5) is 0 Å². The molecule has 0 saturated heterocycles. The minimum absolute atomic E-state index is 0.379. The van der Waals surface area contributed by atoms with Gasteiger partial charge in [0.05, 0.1) is 17.6 Å². The number of esters is 1. The molecular weight excluding hydrogens is 160 g/mol. The van der Waals surface area contributed by atoms with E-state index in [-0.39, 0.29) is 5.97 Å². The topological polar surface area (TPSA) is 26.3 Å². The normalized spacial score (nSPS) is 9.18. The molecule has 2 nitrogen and oxygen atoms in total. The lowest BCUT2D eigenvalue weighted by Gasteiger charge is -1.99. The van der Waals surface area contributed by atoms with Crippen LogP contribution in [0.3, 0.4) is 0 Å². The number of methoxy groups -OCH3 is 1. The lowest BCUT2D eigenvalue weighted by atomic mass is 10.2. The maximum absolute atomic E-state index is 10.9. The molecule has 0 aliphatic rings. The summed E-state index contributed by atoms with van der Waals surface area (Å²) >= 11 is 4.89. The summed E-state index contributed by atoms with van der Waals surface area (Å²) in [5.74, 6) is -0.379. The average molecular weight is 167 g/mol. The van der Waals surface area contributed by atoms with Crippen molar-refractivity contribution >= 4 is 18.6 Å². The lowest BCUT2D eigenvalue weighted by Crippen LogP contribution is -2.01. The molecule has 11 heavy (non-hydrogen) atoms. The zero-order chi connectivity index (χ0) is 8.27. The van der Waals surface area contributed by atoms with E-state index in [0.29, 0.717) is 10.5 Å². The Balaban J connectivity index is 3.03. The summed E-state index contributed by atoms with van der Waals surface area (Å²) in [5, 5.41) is 0. The molecule has 1 aromatic rings. The van der Waals surface area contributed by atoms with Crippen LogP contribution in [0.5, 0.6) is 0 Å². The van der Waals surface area contributed by atoms with Crippen molar-refractivity contribution in [3.63, 3.8) is 0 Å². The number of carbonyl (C=O) groups excluding carboxylic acids is 1. The van der Waals surface area contributed by atoms with Crippen molar-refractivity contribution in [3.05, 3.63) is 29.8 Å². The molecule has 0 amide bonds. The summed E-state index contributed by atoms with van der Waals surface area (Å²) in [7, 11) is 1.34. The van der Waals surface area contributed by atoms with Gasteiger partial charge in [-0.1, -0.05) is 24.8 Å². The van der Waals surface area contributed by atoms with Gasteiger partial charge < -0.3 is 4.74 Å². The Labute approximate surface area is 70.6 Å². The van der Waals surface area contributed by atoms with E-state index >= 15 is 0 Å². The zero-order valence-corrected chi connectivity index (χ0v) is 6.85. The van der Waals surface area contributed by atoms with Gasteiger partial charge in [0.1, 0.15) is 0 Å². The summed E-state index contributed by atoms with van der Waals surface area (Å²) in [4.78, 5) is 11.5. The number of hydrogen-bond donors (Lipinski definition) is 0. The van der Waals surface area contributed by atoms with Gasteiger partial charge >= 0.3 is 5.97 Å². The van der Waals surface area contributed by atoms with Crippen LogP contribution >= 0.6 is 12.6 Å². The summed E-state index contributed by atoms with van der Waals surface area (Å²) < 4.78 is 4.51. The summed E-state index contributed by atoms with van der Waals surface area (Å²) in [6, 6.07) is 6.88. The second kappa shape index (κ2) is 3.34. The zero-order valence-electron chi connectivity index (χ0n) is 6.03. The first-order chi connectivity index (χ1) is 5.25. The first-order valence-electron chi connectivity index (χ1n) is 3.10. The summed E-state index contributed by atoms with van der Waals surface area (Å²) in [6.45, 7) is 0. The monoisotopic (exact) mass is 167 g/mol. The predicted molar refractivity (Wildman–Crippen MR) is 43.6 cm³/mol. The highest BCUT2D eigenvalue weighted by molar-refractivity contribution is 7.80.